The predicted molar refractivity (Wildman–Crippen MR) is 65.8 cm³/mol. The summed E-state index contributed by atoms with van der Waals surface area (Å²) in [7, 11) is 0. The number of nitro groups is 2. The zero-order chi connectivity index (χ0) is 15.0. The van der Waals surface area contributed by atoms with Gasteiger partial charge in [0, 0.05) is 0 Å². The second-order valence-electron chi connectivity index (χ2n) is 3.95. The Morgan fingerprint density at radius 3 is 1.65 bits per heavy atom. The maximum Gasteiger partial charge on any atom is 0.390 e. The van der Waals surface area contributed by atoms with E-state index in [1.807, 2.05) is 0 Å². The molecule has 2 aromatic heterocycles. The minimum absolute atomic E-state index is 0.332. The Labute approximate surface area is 111 Å². The summed E-state index contributed by atoms with van der Waals surface area (Å²) in [4.78, 5) is 19.9. The minimum Gasteiger partial charge on any atom is -0.358 e. The average Bonchev–Trinajstić information content (AvgIpc) is 2.92. The monoisotopic (exact) mass is 279 g/mol. The summed E-state index contributed by atoms with van der Waals surface area (Å²) in [6.45, 7) is 3.06. The molecule has 0 aliphatic heterocycles. The molecule has 104 valence electrons. The standard InChI is InChI=1S/C9H9N7O4/c1-5-3-7(15(17)18)11-13(5)9(10)14-6(2)4-8(12-14)16(19)20/h3-4,10H,1-2H3. The van der Waals surface area contributed by atoms with Crippen LogP contribution in [0.2, 0.25) is 0 Å². The fourth-order valence-electron chi connectivity index (χ4n) is 1.61. The zero-order valence-corrected chi connectivity index (χ0v) is 10.5. The number of hydrogen-bond acceptors (Lipinski definition) is 7. The van der Waals surface area contributed by atoms with E-state index in [2.05, 4.69) is 10.2 Å². The molecule has 0 fully saturated rings. The fraction of sp³-hybridized carbons (Fsp3) is 0.222. The molecule has 0 radical (unpaired) electrons. The summed E-state index contributed by atoms with van der Waals surface area (Å²) in [5.74, 6) is -1.15. The van der Waals surface area contributed by atoms with E-state index in [4.69, 9.17) is 5.41 Å². The van der Waals surface area contributed by atoms with Crippen molar-refractivity contribution in [2.24, 2.45) is 0 Å². The van der Waals surface area contributed by atoms with Gasteiger partial charge in [-0.15, -0.1) is 9.36 Å². The molecule has 0 unspecified atom stereocenters. The molecule has 11 heteroatoms. The fourth-order valence-corrected chi connectivity index (χ4v) is 1.61. The van der Waals surface area contributed by atoms with Gasteiger partial charge in [0.15, 0.2) is 0 Å². The van der Waals surface area contributed by atoms with Gasteiger partial charge < -0.3 is 20.2 Å². The van der Waals surface area contributed by atoms with Crippen molar-refractivity contribution in [3.05, 3.63) is 43.7 Å². The molecular formula is C9H9N7O4. The lowest BCUT2D eigenvalue weighted by Gasteiger charge is -1.99. The molecule has 0 aliphatic rings. The van der Waals surface area contributed by atoms with Crippen molar-refractivity contribution >= 4 is 17.6 Å². The smallest absolute Gasteiger partial charge is 0.358 e. The quantitative estimate of drug-likeness (QED) is 0.373. The molecule has 0 saturated heterocycles. The van der Waals surface area contributed by atoms with Gasteiger partial charge in [-0.05, 0) is 23.7 Å². The maximum atomic E-state index is 10.6. The number of nitrogens with zero attached hydrogens (tertiary/aromatic N) is 6. The number of hydrogen-bond donors (Lipinski definition) is 1. The Balaban J connectivity index is 2.46. The highest BCUT2D eigenvalue weighted by atomic mass is 16.6. The molecule has 0 bridgehead atoms. The van der Waals surface area contributed by atoms with Crippen LogP contribution >= 0.6 is 0 Å². The van der Waals surface area contributed by atoms with E-state index < -0.39 is 21.5 Å². The molecule has 0 saturated carbocycles. The van der Waals surface area contributed by atoms with Crippen molar-refractivity contribution in [2.45, 2.75) is 13.8 Å². The van der Waals surface area contributed by atoms with Crippen molar-refractivity contribution < 1.29 is 9.85 Å². The van der Waals surface area contributed by atoms with E-state index in [0.717, 1.165) is 9.36 Å². The van der Waals surface area contributed by atoms with Crippen LogP contribution in [0.3, 0.4) is 0 Å². The second-order valence-corrected chi connectivity index (χ2v) is 3.95. The summed E-state index contributed by atoms with van der Waals surface area (Å²) in [5.41, 5.74) is 0.693. The van der Waals surface area contributed by atoms with Crippen molar-refractivity contribution in [3.63, 3.8) is 0 Å². The molecule has 2 rings (SSSR count). The number of aryl methyl sites for hydroxylation is 2. The lowest BCUT2D eigenvalue weighted by Crippen LogP contribution is -2.24. The van der Waals surface area contributed by atoms with Crippen LogP contribution in [0.1, 0.15) is 11.4 Å². The van der Waals surface area contributed by atoms with Crippen LogP contribution in [0, 0.1) is 39.5 Å². The molecule has 2 aromatic rings. The first kappa shape index (κ1) is 13.3. The van der Waals surface area contributed by atoms with Crippen molar-refractivity contribution in [3.8, 4) is 0 Å². The molecule has 20 heavy (non-hydrogen) atoms. The number of nitrogens with one attached hydrogen (secondary N) is 1. The molecule has 11 nitrogen and oxygen atoms in total. The summed E-state index contributed by atoms with van der Waals surface area (Å²) >= 11 is 0. The van der Waals surface area contributed by atoms with Crippen molar-refractivity contribution in [1.82, 2.24) is 19.6 Å². The van der Waals surface area contributed by atoms with Crippen LogP contribution in [0.15, 0.2) is 12.1 Å². The summed E-state index contributed by atoms with van der Waals surface area (Å²) < 4.78 is 1.98. The third-order valence-electron chi connectivity index (χ3n) is 2.52. The van der Waals surface area contributed by atoms with Gasteiger partial charge in [0.05, 0.1) is 33.7 Å². The summed E-state index contributed by atoms with van der Waals surface area (Å²) in [6.07, 6.45) is 0. The SMILES string of the molecule is Cc1cc([N+](=O)[O-])nn1C(=N)n1nc([N+](=O)[O-])cc1C. The van der Waals surface area contributed by atoms with Crippen LogP contribution in [-0.4, -0.2) is 35.4 Å². The maximum absolute atomic E-state index is 10.6. The van der Waals surface area contributed by atoms with Gasteiger partial charge in [-0.2, -0.15) is 0 Å². The Bertz CT molecular complexity index is 668. The second kappa shape index (κ2) is 4.53. The van der Waals surface area contributed by atoms with Crippen LogP contribution in [0.4, 0.5) is 11.6 Å². The highest BCUT2D eigenvalue weighted by Gasteiger charge is 2.25. The molecule has 0 spiro atoms. The summed E-state index contributed by atoms with van der Waals surface area (Å²) in [6, 6.07) is 2.39. The third-order valence-corrected chi connectivity index (χ3v) is 2.52. The molecule has 0 aliphatic carbocycles. The van der Waals surface area contributed by atoms with E-state index in [1.165, 1.54) is 26.0 Å². The predicted octanol–water partition coefficient (Wildman–Crippen LogP) is 0.844. The van der Waals surface area contributed by atoms with Crippen molar-refractivity contribution in [2.75, 3.05) is 0 Å². The van der Waals surface area contributed by atoms with Gasteiger partial charge in [-0.25, -0.2) is 0 Å². The van der Waals surface area contributed by atoms with E-state index >= 15 is 0 Å². The summed E-state index contributed by atoms with van der Waals surface area (Å²) in [5, 5.41) is 36.5. The van der Waals surface area contributed by atoms with Crippen LogP contribution in [-0.2, 0) is 0 Å². The zero-order valence-electron chi connectivity index (χ0n) is 10.5. The van der Waals surface area contributed by atoms with Gasteiger partial charge in [-0.1, -0.05) is 0 Å². The molecule has 0 atom stereocenters. The Hall–Kier alpha value is -3.11. The van der Waals surface area contributed by atoms with E-state index in [0.29, 0.717) is 11.4 Å². The highest BCUT2D eigenvalue weighted by Crippen LogP contribution is 2.14. The normalized spacial score (nSPS) is 10.5. The first-order valence-electron chi connectivity index (χ1n) is 5.32. The Kier molecular flexibility index (Phi) is 3.02. The van der Waals surface area contributed by atoms with E-state index in [-0.39, 0.29) is 5.96 Å². The highest BCUT2D eigenvalue weighted by molar-refractivity contribution is 5.81. The molecule has 0 amide bonds. The lowest BCUT2D eigenvalue weighted by atomic mass is 10.4. The number of aromatic nitrogens is 4. The van der Waals surface area contributed by atoms with Gasteiger partial charge in [0.2, 0.25) is 0 Å². The van der Waals surface area contributed by atoms with Gasteiger partial charge >= 0.3 is 11.6 Å². The first-order chi connectivity index (χ1) is 9.31. The Morgan fingerprint density at radius 1 is 1.05 bits per heavy atom. The van der Waals surface area contributed by atoms with E-state index in [9.17, 15) is 20.2 Å². The minimum atomic E-state index is -0.685. The Morgan fingerprint density at radius 2 is 1.40 bits per heavy atom. The molecular weight excluding hydrogens is 270 g/mol. The first-order valence-corrected chi connectivity index (χ1v) is 5.32. The van der Waals surface area contributed by atoms with Gasteiger partial charge in [0.25, 0.3) is 5.96 Å². The molecule has 2 heterocycles. The largest absolute Gasteiger partial charge is 0.390 e. The van der Waals surface area contributed by atoms with Crippen LogP contribution in [0.5, 0.6) is 0 Å². The third kappa shape index (κ3) is 2.11. The van der Waals surface area contributed by atoms with Gasteiger partial charge in [-0.3, -0.25) is 5.41 Å². The van der Waals surface area contributed by atoms with Gasteiger partial charge in [0.1, 0.15) is 0 Å². The molecule has 1 N–H and O–H groups in total. The average molecular weight is 279 g/mol. The van der Waals surface area contributed by atoms with Crippen LogP contribution < -0.4 is 0 Å². The number of rotatable bonds is 2. The lowest BCUT2D eigenvalue weighted by molar-refractivity contribution is -0.389. The topological polar surface area (TPSA) is 146 Å². The van der Waals surface area contributed by atoms with Crippen molar-refractivity contribution in [1.29, 1.82) is 5.41 Å². The van der Waals surface area contributed by atoms with Crippen LogP contribution in [0.25, 0.3) is 0 Å². The van der Waals surface area contributed by atoms with E-state index in [1.54, 1.807) is 0 Å². The molecule has 0 aromatic carbocycles.